The molecule has 5 heteroatoms. The van der Waals surface area contributed by atoms with Crippen LogP contribution in [0.15, 0.2) is 103 Å². The molecule has 7 aromatic rings. The van der Waals surface area contributed by atoms with E-state index in [2.05, 4.69) is 75.1 Å². The Labute approximate surface area is 200 Å². The topological polar surface area (TPSA) is 48.0 Å². The SMILES string of the molecule is [C-]#[N+]c1ccc(-c2nc(-n3c4ccccc4c4cc5ccccc5cc43)c3ncccc3n2)cc1. The summed E-state index contributed by atoms with van der Waals surface area (Å²) in [5.41, 5.74) is 5.10. The fourth-order valence-electron chi connectivity index (χ4n) is 4.81. The second kappa shape index (κ2) is 7.47. The first-order valence-electron chi connectivity index (χ1n) is 11.3. The maximum atomic E-state index is 7.25. The van der Waals surface area contributed by atoms with Gasteiger partial charge in [0.05, 0.1) is 23.1 Å². The molecule has 3 aromatic heterocycles. The lowest BCUT2D eigenvalue weighted by molar-refractivity contribution is 1.06. The molecule has 7 rings (SSSR count). The van der Waals surface area contributed by atoms with E-state index in [1.54, 1.807) is 18.3 Å². The molecular formula is C30H17N5. The predicted molar refractivity (Wildman–Crippen MR) is 141 cm³/mol. The lowest BCUT2D eigenvalue weighted by Crippen LogP contribution is -2.03. The monoisotopic (exact) mass is 447 g/mol. The summed E-state index contributed by atoms with van der Waals surface area (Å²) in [7, 11) is 0. The molecule has 0 amide bonds. The van der Waals surface area contributed by atoms with E-state index in [1.165, 1.54) is 21.5 Å². The summed E-state index contributed by atoms with van der Waals surface area (Å²) in [5.74, 6) is 1.34. The van der Waals surface area contributed by atoms with Crippen molar-refractivity contribution in [1.29, 1.82) is 0 Å². The number of aromatic nitrogens is 4. The lowest BCUT2D eigenvalue weighted by atomic mass is 10.1. The van der Waals surface area contributed by atoms with E-state index in [0.29, 0.717) is 11.5 Å². The highest BCUT2D eigenvalue weighted by Gasteiger charge is 2.18. The third-order valence-corrected chi connectivity index (χ3v) is 6.44. The van der Waals surface area contributed by atoms with E-state index >= 15 is 0 Å². The molecule has 0 N–H and O–H groups in total. The quantitative estimate of drug-likeness (QED) is 0.258. The Kier molecular flexibility index (Phi) is 4.14. The van der Waals surface area contributed by atoms with Crippen LogP contribution in [-0.4, -0.2) is 19.5 Å². The van der Waals surface area contributed by atoms with Crippen molar-refractivity contribution >= 4 is 49.3 Å². The zero-order valence-corrected chi connectivity index (χ0v) is 18.6. The van der Waals surface area contributed by atoms with Crippen LogP contribution in [-0.2, 0) is 0 Å². The van der Waals surface area contributed by atoms with Gasteiger partial charge in [-0.25, -0.2) is 14.8 Å². The van der Waals surface area contributed by atoms with E-state index in [-0.39, 0.29) is 0 Å². The van der Waals surface area contributed by atoms with E-state index in [4.69, 9.17) is 16.5 Å². The highest BCUT2D eigenvalue weighted by atomic mass is 15.1. The van der Waals surface area contributed by atoms with Crippen LogP contribution in [0.3, 0.4) is 0 Å². The zero-order valence-electron chi connectivity index (χ0n) is 18.6. The molecule has 0 bridgehead atoms. The predicted octanol–water partition coefficient (Wildman–Crippen LogP) is 7.49. The molecule has 4 aromatic carbocycles. The number of nitrogens with zero attached hydrogens (tertiary/aromatic N) is 5. The Balaban J connectivity index is 1.61. The molecule has 0 spiro atoms. The van der Waals surface area contributed by atoms with Crippen molar-refractivity contribution in [3.63, 3.8) is 0 Å². The Morgan fingerprint density at radius 3 is 2.29 bits per heavy atom. The van der Waals surface area contributed by atoms with Crippen LogP contribution in [0.4, 0.5) is 5.69 Å². The van der Waals surface area contributed by atoms with Gasteiger partial charge >= 0.3 is 0 Å². The van der Waals surface area contributed by atoms with Gasteiger partial charge in [-0.15, -0.1) is 0 Å². The Morgan fingerprint density at radius 1 is 0.686 bits per heavy atom. The summed E-state index contributed by atoms with van der Waals surface area (Å²) < 4.78 is 2.20. The van der Waals surface area contributed by atoms with Gasteiger partial charge in [0.1, 0.15) is 5.52 Å². The number of hydrogen-bond acceptors (Lipinski definition) is 3. The first-order chi connectivity index (χ1) is 17.3. The number of hydrogen-bond donors (Lipinski definition) is 0. The third-order valence-electron chi connectivity index (χ3n) is 6.44. The van der Waals surface area contributed by atoms with Gasteiger partial charge in [-0.3, -0.25) is 9.55 Å². The summed E-state index contributed by atoms with van der Waals surface area (Å²) in [4.78, 5) is 18.1. The Bertz CT molecular complexity index is 1960. The molecule has 3 heterocycles. The molecule has 35 heavy (non-hydrogen) atoms. The Morgan fingerprint density at radius 2 is 1.46 bits per heavy atom. The number of benzene rings is 4. The van der Waals surface area contributed by atoms with Crippen LogP contribution in [0.5, 0.6) is 0 Å². The highest BCUT2D eigenvalue weighted by molar-refractivity contribution is 6.14. The molecule has 0 saturated carbocycles. The maximum absolute atomic E-state index is 7.25. The van der Waals surface area contributed by atoms with Gasteiger partial charge in [-0.1, -0.05) is 66.7 Å². The number of rotatable bonds is 2. The minimum atomic E-state index is 0.589. The molecule has 0 aliphatic carbocycles. The second-order valence-electron chi connectivity index (χ2n) is 8.47. The normalized spacial score (nSPS) is 11.4. The molecule has 162 valence electrons. The highest BCUT2D eigenvalue weighted by Crippen LogP contribution is 2.36. The summed E-state index contributed by atoms with van der Waals surface area (Å²) in [6, 6.07) is 32.6. The van der Waals surface area contributed by atoms with Crippen LogP contribution >= 0.6 is 0 Å². The molecule has 0 aliphatic rings. The van der Waals surface area contributed by atoms with Gasteiger partial charge in [-0.2, -0.15) is 0 Å². The summed E-state index contributed by atoms with van der Waals surface area (Å²) in [6.45, 7) is 7.25. The van der Waals surface area contributed by atoms with Crippen LogP contribution in [0, 0.1) is 6.57 Å². The van der Waals surface area contributed by atoms with Crippen molar-refractivity contribution < 1.29 is 0 Å². The van der Waals surface area contributed by atoms with Crippen molar-refractivity contribution in [1.82, 2.24) is 19.5 Å². The molecule has 5 nitrogen and oxygen atoms in total. The largest absolute Gasteiger partial charge is 0.292 e. The van der Waals surface area contributed by atoms with Crippen LogP contribution in [0.25, 0.3) is 65.7 Å². The second-order valence-corrected chi connectivity index (χ2v) is 8.47. The standard InChI is InChI=1S/C30H17N5/c1-31-22-14-12-19(13-15-22)29-33-25-10-6-16-32-28(25)30(34-29)35-26-11-5-4-9-23(26)24-17-20-7-2-3-8-21(20)18-27(24)35/h2-18H. The summed E-state index contributed by atoms with van der Waals surface area (Å²) >= 11 is 0. The number of pyridine rings is 1. The molecule has 0 saturated heterocycles. The first kappa shape index (κ1) is 19.4. The van der Waals surface area contributed by atoms with Gasteiger partial charge in [0.2, 0.25) is 0 Å². The maximum Gasteiger partial charge on any atom is 0.187 e. The minimum absolute atomic E-state index is 0.589. The van der Waals surface area contributed by atoms with Crippen molar-refractivity contribution in [2.45, 2.75) is 0 Å². The van der Waals surface area contributed by atoms with Crippen LogP contribution < -0.4 is 0 Å². The molecule has 0 radical (unpaired) electrons. The van der Waals surface area contributed by atoms with Gasteiger partial charge in [-0.05, 0) is 41.1 Å². The van der Waals surface area contributed by atoms with Crippen molar-refractivity contribution in [3.8, 4) is 17.2 Å². The van der Waals surface area contributed by atoms with Crippen molar-refractivity contribution in [3.05, 3.63) is 115 Å². The van der Waals surface area contributed by atoms with E-state index in [0.717, 1.165) is 33.4 Å². The molecule has 0 atom stereocenters. The first-order valence-corrected chi connectivity index (χ1v) is 11.3. The molecule has 0 fully saturated rings. The average Bonchev–Trinajstić information content (AvgIpc) is 3.24. The molecular weight excluding hydrogens is 430 g/mol. The smallest absolute Gasteiger partial charge is 0.187 e. The average molecular weight is 448 g/mol. The molecule has 0 aliphatic heterocycles. The van der Waals surface area contributed by atoms with E-state index in [1.807, 2.05) is 24.3 Å². The van der Waals surface area contributed by atoms with Gasteiger partial charge < -0.3 is 0 Å². The Hall–Kier alpha value is -5.08. The third kappa shape index (κ3) is 2.98. The lowest BCUT2D eigenvalue weighted by Gasteiger charge is -2.12. The van der Waals surface area contributed by atoms with Crippen LogP contribution in [0.2, 0.25) is 0 Å². The van der Waals surface area contributed by atoms with E-state index in [9.17, 15) is 0 Å². The van der Waals surface area contributed by atoms with Crippen LogP contribution in [0.1, 0.15) is 0 Å². The zero-order chi connectivity index (χ0) is 23.4. The fourth-order valence-corrected chi connectivity index (χ4v) is 4.81. The number of para-hydroxylation sites is 1. The van der Waals surface area contributed by atoms with Gasteiger partial charge in [0.15, 0.2) is 17.3 Å². The summed E-state index contributed by atoms with van der Waals surface area (Å²) in [5, 5.41) is 4.71. The van der Waals surface area contributed by atoms with Crippen molar-refractivity contribution in [2.75, 3.05) is 0 Å². The van der Waals surface area contributed by atoms with Gasteiger partial charge in [0, 0.05) is 22.5 Å². The molecule has 0 unspecified atom stereocenters. The fraction of sp³-hybridized carbons (Fsp3) is 0. The van der Waals surface area contributed by atoms with Gasteiger partial charge in [0.25, 0.3) is 0 Å². The van der Waals surface area contributed by atoms with E-state index < -0.39 is 0 Å². The minimum Gasteiger partial charge on any atom is -0.292 e. The van der Waals surface area contributed by atoms with Crippen molar-refractivity contribution in [2.24, 2.45) is 0 Å². The summed E-state index contributed by atoms with van der Waals surface area (Å²) in [6.07, 6.45) is 1.78. The number of fused-ring (bicyclic) bond motifs is 5.